The fraction of sp³-hybridized carbons (Fsp3) is 0.500. The highest BCUT2D eigenvalue weighted by Crippen LogP contribution is 2.16. The molecule has 7 nitrogen and oxygen atoms in total. The number of aryl methyl sites for hydroxylation is 1. The van der Waals surface area contributed by atoms with Gasteiger partial charge in [0.05, 0.1) is 0 Å². The molecule has 2 aromatic heterocycles. The first-order chi connectivity index (χ1) is 9.63. The minimum Gasteiger partial charge on any atom is -0.362 e. The van der Waals surface area contributed by atoms with Crippen molar-refractivity contribution >= 4 is 22.4 Å². The summed E-state index contributed by atoms with van der Waals surface area (Å²) in [6.45, 7) is 4.98. The summed E-state index contributed by atoms with van der Waals surface area (Å²) in [7, 11) is 1.68. The first kappa shape index (κ1) is 14.4. The molecule has 8 heteroatoms. The van der Waals surface area contributed by atoms with Crippen LogP contribution in [0.15, 0.2) is 9.90 Å². The van der Waals surface area contributed by atoms with Crippen molar-refractivity contribution in [1.29, 1.82) is 0 Å². The molecule has 0 aliphatic rings. The van der Waals surface area contributed by atoms with E-state index in [1.54, 1.807) is 12.4 Å². The zero-order valence-corrected chi connectivity index (χ0v) is 12.5. The third-order valence-electron chi connectivity index (χ3n) is 2.60. The smallest absolute Gasteiger partial charge is 0.273 e. The molecule has 0 radical (unpaired) electrons. The average Bonchev–Trinajstić information content (AvgIpc) is 3.07. The van der Waals surface area contributed by atoms with Crippen molar-refractivity contribution in [2.24, 2.45) is 0 Å². The number of hydrogen-bond acceptors (Lipinski definition) is 7. The van der Waals surface area contributed by atoms with Gasteiger partial charge in [0.15, 0.2) is 11.0 Å². The zero-order chi connectivity index (χ0) is 14.5. The van der Waals surface area contributed by atoms with Crippen molar-refractivity contribution in [3.8, 4) is 0 Å². The molecule has 0 saturated heterocycles. The number of thiazole rings is 1. The Hall–Kier alpha value is -1.96. The van der Waals surface area contributed by atoms with E-state index in [1.807, 2.05) is 13.8 Å². The number of anilines is 1. The summed E-state index contributed by atoms with van der Waals surface area (Å²) in [4.78, 5) is 22.1. The maximum Gasteiger partial charge on any atom is 0.273 e. The first-order valence-electron chi connectivity index (χ1n) is 6.40. The van der Waals surface area contributed by atoms with Crippen LogP contribution in [0, 0.1) is 0 Å². The molecule has 20 heavy (non-hydrogen) atoms. The molecule has 0 atom stereocenters. The van der Waals surface area contributed by atoms with Gasteiger partial charge in [-0.1, -0.05) is 12.1 Å². The van der Waals surface area contributed by atoms with Crippen LogP contribution in [0.5, 0.6) is 0 Å². The molecule has 2 aromatic rings. The molecular formula is C12H17N5O2S. The third kappa shape index (κ3) is 3.32. The largest absolute Gasteiger partial charge is 0.362 e. The van der Waals surface area contributed by atoms with E-state index in [-0.39, 0.29) is 12.5 Å². The molecule has 0 saturated carbocycles. The molecule has 0 spiro atoms. The number of carbonyl (C=O) groups excluding carboxylic acids is 1. The Bertz CT molecular complexity index is 580. The molecule has 0 unspecified atom stereocenters. The Balaban J connectivity index is 2.00. The maximum absolute atomic E-state index is 12.2. The monoisotopic (exact) mass is 295 g/mol. The van der Waals surface area contributed by atoms with E-state index >= 15 is 0 Å². The van der Waals surface area contributed by atoms with Crippen molar-refractivity contribution in [2.75, 3.05) is 18.9 Å². The summed E-state index contributed by atoms with van der Waals surface area (Å²) in [6.07, 6.45) is 0.708. The van der Waals surface area contributed by atoms with Crippen LogP contribution < -0.4 is 5.32 Å². The van der Waals surface area contributed by atoms with Crippen molar-refractivity contribution in [2.45, 2.75) is 26.8 Å². The molecule has 0 aliphatic heterocycles. The van der Waals surface area contributed by atoms with E-state index < -0.39 is 0 Å². The highest BCUT2D eigenvalue weighted by Gasteiger charge is 2.18. The summed E-state index contributed by atoms with van der Waals surface area (Å²) in [5, 5.41) is 9.36. The van der Waals surface area contributed by atoms with Gasteiger partial charge in [-0.05, 0) is 6.92 Å². The standard InChI is InChI=1S/C12H17N5O2S/c1-4-9-15-10(19-16-9)6-17(3)11(18)8-7-20-12(14-8)13-5-2/h7H,4-6H2,1-3H3,(H,13,14). The van der Waals surface area contributed by atoms with Crippen LogP contribution in [0.2, 0.25) is 0 Å². The predicted octanol–water partition coefficient (Wildman–Crippen LogP) is 1.79. The zero-order valence-electron chi connectivity index (χ0n) is 11.7. The van der Waals surface area contributed by atoms with E-state index in [0.717, 1.165) is 11.7 Å². The number of nitrogens with zero attached hydrogens (tertiary/aromatic N) is 4. The Morgan fingerprint density at radius 1 is 1.45 bits per heavy atom. The van der Waals surface area contributed by atoms with Crippen molar-refractivity contribution in [3.63, 3.8) is 0 Å². The number of nitrogens with one attached hydrogen (secondary N) is 1. The van der Waals surface area contributed by atoms with Gasteiger partial charge in [-0.3, -0.25) is 4.79 Å². The fourth-order valence-corrected chi connectivity index (χ4v) is 2.33. The second kappa shape index (κ2) is 6.47. The Morgan fingerprint density at radius 3 is 2.90 bits per heavy atom. The van der Waals surface area contributed by atoms with Crippen molar-refractivity contribution in [1.82, 2.24) is 20.0 Å². The second-order valence-electron chi connectivity index (χ2n) is 4.19. The van der Waals surface area contributed by atoms with E-state index in [1.165, 1.54) is 16.2 Å². The lowest BCUT2D eigenvalue weighted by molar-refractivity contribution is 0.0764. The van der Waals surface area contributed by atoms with E-state index in [9.17, 15) is 4.79 Å². The van der Waals surface area contributed by atoms with Gasteiger partial charge in [-0.2, -0.15) is 4.98 Å². The Kier molecular flexibility index (Phi) is 4.67. The van der Waals surface area contributed by atoms with E-state index in [4.69, 9.17) is 4.52 Å². The first-order valence-corrected chi connectivity index (χ1v) is 7.28. The summed E-state index contributed by atoms with van der Waals surface area (Å²) in [6, 6.07) is 0. The van der Waals surface area contributed by atoms with E-state index in [2.05, 4.69) is 20.4 Å². The summed E-state index contributed by atoms with van der Waals surface area (Å²) in [5.41, 5.74) is 0.420. The highest BCUT2D eigenvalue weighted by molar-refractivity contribution is 7.13. The van der Waals surface area contributed by atoms with Crippen LogP contribution in [0.3, 0.4) is 0 Å². The van der Waals surface area contributed by atoms with Gasteiger partial charge in [-0.15, -0.1) is 11.3 Å². The minimum atomic E-state index is -0.165. The molecular weight excluding hydrogens is 278 g/mol. The molecule has 108 valence electrons. The number of hydrogen-bond donors (Lipinski definition) is 1. The number of aromatic nitrogens is 3. The van der Waals surface area contributed by atoms with E-state index in [0.29, 0.717) is 23.8 Å². The lowest BCUT2D eigenvalue weighted by atomic mass is 10.4. The van der Waals surface area contributed by atoms with Gasteiger partial charge in [0, 0.05) is 25.4 Å². The number of amides is 1. The van der Waals surface area contributed by atoms with Crippen LogP contribution in [0.4, 0.5) is 5.13 Å². The molecule has 1 N–H and O–H groups in total. The van der Waals surface area contributed by atoms with Crippen molar-refractivity contribution < 1.29 is 9.32 Å². The lowest BCUT2D eigenvalue weighted by Gasteiger charge is -2.12. The van der Waals surface area contributed by atoms with Crippen LogP contribution in [-0.2, 0) is 13.0 Å². The Morgan fingerprint density at radius 2 is 2.25 bits per heavy atom. The van der Waals surface area contributed by atoms with Gasteiger partial charge in [0.25, 0.3) is 5.91 Å². The maximum atomic E-state index is 12.2. The Labute approximate surface area is 121 Å². The van der Waals surface area contributed by atoms with Crippen LogP contribution in [-0.4, -0.2) is 39.5 Å². The molecule has 1 amide bonds. The predicted molar refractivity (Wildman–Crippen MR) is 75.8 cm³/mol. The molecule has 0 bridgehead atoms. The molecule has 0 fully saturated rings. The van der Waals surface area contributed by atoms with Gasteiger partial charge >= 0.3 is 0 Å². The number of carbonyl (C=O) groups is 1. The normalized spacial score (nSPS) is 10.6. The SMILES string of the molecule is CCNc1nc(C(=O)N(C)Cc2nc(CC)no2)cs1. The topological polar surface area (TPSA) is 84.2 Å². The second-order valence-corrected chi connectivity index (χ2v) is 5.05. The van der Waals surface area contributed by atoms with Gasteiger partial charge < -0.3 is 14.7 Å². The van der Waals surface area contributed by atoms with Crippen LogP contribution in [0.25, 0.3) is 0 Å². The lowest BCUT2D eigenvalue weighted by Crippen LogP contribution is -2.26. The van der Waals surface area contributed by atoms with Gasteiger partial charge in [0.1, 0.15) is 12.2 Å². The molecule has 0 aliphatic carbocycles. The summed E-state index contributed by atoms with van der Waals surface area (Å²) >= 11 is 1.41. The summed E-state index contributed by atoms with van der Waals surface area (Å²) in [5.74, 6) is 0.908. The molecule has 2 rings (SSSR count). The summed E-state index contributed by atoms with van der Waals surface area (Å²) < 4.78 is 5.07. The highest BCUT2D eigenvalue weighted by atomic mass is 32.1. The fourth-order valence-electron chi connectivity index (χ4n) is 1.57. The molecule has 0 aromatic carbocycles. The van der Waals surface area contributed by atoms with Gasteiger partial charge in [-0.25, -0.2) is 4.98 Å². The minimum absolute atomic E-state index is 0.165. The van der Waals surface area contributed by atoms with Gasteiger partial charge in [0.2, 0.25) is 5.89 Å². The van der Waals surface area contributed by atoms with Crippen LogP contribution in [0.1, 0.15) is 36.1 Å². The number of rotatable bonds is 6. The van der Waals surface area contributed by atoms with Crippen LogP contribution >= 0.6 is 11.3 Å². The third-order valence-corrected chi connectivity index (χ3v) is 3.40. The average molecular weight is 295 g/mol. The quantitative estimate of drug-likeness (QED) is 0.874. The molecule has 2 heterocycles. The van der Waals surface area contributed by atoms with Crippen molar-refractivity contribution in [3.05, 3.63) is 22.8 Å².